The molecular formula is C10H21F3N2. The maximum absolute atomic E-state index is 11.9. The molecule has 0 aliphatic heterocycles. The number of nitrogens with two attached hydrogens (primary N) is 1. The molecule has 2 nitrogen and oxygen atoms in total. The van der Waals surface area contributed by atoms with E-state index in [4.69, 9.17) is 5.73 Å². The summed E-state index contributed by atoms with van der Waals surface area (Å²) in [6.45, 7) is 4.86. The Balaban J connectivity index is 3.43. The molecule has 0 aromatic heterocycles. The van der Waals surface area contributed by atoms with E-state index >= 15 is 0 Å². The van der Waals surface area contributed by atoms with Crippen LogP contribution in [0, 0.1) is 5.92 Å². The van der Waals surface area contributed by atoms with Crippen LogP contribution in [0.25, 0.3) is 0 Å². The molecule has 2 atom stereocenters. The first kappa shape index (κ1) is 14.7. The molecule has 0 saturated heterocycles. The maximum Gasteiger partial charge on any atom is 0.390 e. The Kier molecular flexibility index (Phi) is 6.92. The van der Waals surface area contributed by atoms with Gasteiger partial charge in [0.05, 0.1) is 6.42 Å². The van der Waals surface area contributed by atoms with Crippen molar-refractivity contribution in [3.63, 3.8) is 0 Å². The summed E-state index contributed by atoms with van der Waals surface area (Å²) < 4.78 is 35.8. The predicted octanol–water partition coefficient (Wildman–Crippen LogP) is 2.29. The zero-order chi connectivity index (χ0) is 11.9. The number of rotatable bonds is 7. The summed E-state index contributed by atoms with van der Waals surface area (Å²) in [5.74, 6) is 0.449. The molecule has 0 spiro atoms. The topological polar surface area (TPSA) is 38.0 Å². The first-order valence-electron chi connectivity index (χ1n) is 5.35. The maximum atomic E-state index is 11.9. The minimum atomic E-state index is -4.07. The fourth-order valence-corrected chi connectivity index (χ4v) is 1.34. The van der Waals surface area contributed by atoms with Crippen molar-refractivity contribution >= 4 is 0 Å². The number of hydrogen-bond acceptors (Lipinski definition) is 2. The fraction of sp³-hybridized carbons (Fsp3) is 1.00. The molecular weight excluding hydrogens is 205 g/mol. The molecule has 0 bridgehead atoms. The van der Waals surface area contributed by atoms with Crippen LogP contribution in [0.3, 0.4) is 0 Å². The van der Waals surface area contributed by atoms with Crippen molar-refractivity contribution in [1.29, 1.82) is 0 Å². The van der Waals surface area contributed by atoms with Gasteiger partial charge < -0.3 is 11.1 Å². The first-order valence-corrected chi connectivity index (χ1v) is 5.35. The zero-order valence-electron chi connectivity index (χ0n) is 9.40. The molecule has 15 heavy (non-hydrogen) atoms. The second kappa shape index (κ2) is 7.06. The van der Waals surface area contributed by atoms with Crippen LogP contribution >= 0.6 is 0 Å². The Labute approximate surface area is 89.4 Å². The largest absolute Gasteiger partial charge is 0.390 e. The minimum Gasteiger partial charge on any atom is -0.330 e. The number of nitrogens with one attached hydrogen (secondary N) is 1. The number of hydrogen-bond donors (Lipinski definition) is 2. The van der Waals surface area contributed by atoms with Crippen molar-refractivity contribution in [2.24, 2.45) is 11.7 Å². The Morgan fingerprint density at radius 3 is 2.33 bits per heavy atom. The quantitative estimate of drug-likeness (QED) is 0.654. The third-order valence-electron chi connectivity index (χ3n) is 2.31. The average Bonchev–Trinajstić information content (AvgIpc) is 2.09. The average molecular weight is 226 g/mol. The van der Waals surface area contributed by atoms with Crippen LogP contribution in [-0.4, -0.2) is 25.3 Å². The van der Waals surface area contributed by atoms with Gasteiger partial charge in [-0.3, -0.25) is 0 Å². The fourth-order valence-electron chi connectivity index (χ4n) is 1.34. The highest BCUT2D eigenvalue weighted by Crippen LogP contribution is 2.21. The summed E-state index contributed by atoms with van der Waals surface area (Å²) in [6.07, 6.45) is -3.00. The second-order valence-corrected chi connectivity index (χ2v) is 4.16. The Bertz CT molecular complexity index is 159. The summed E-state index contributed by atoms with van der Waals surface area (Å²) in [6, 6.07) is -0.502. The molecule has 0 amide bonds. The van der Waals surface area contributed by atoms with Crippen molar-refractivity contribution in [2.45, 2.75) is 45.3 Å². The molecule has 0 aromatic rings. The first-order chi connectivity index (χ1) is 6.85. The Morgan fingerprint density at radius 1 is 1.27 bits per heavy atom. The van der Waals surface area contributed by atoms with E-state index in [2.05, 4.69) is 5.32 Å². The van der Waals surface area contributed by atoms with Crippen LogP contribution in [0.1, 0.15) is 33.1 Å². The van der Waals surface area contributed by atoms with E-state index < -0.39 is 18.6 Å². The highest BCUT2D eigenvalue weighted by Gasteiger charge is 2.29. The van der Waals surface area contributed by atoms with Gasteiger partial charge in [-0.25, -0.2) is 0 Å². The summed E-state index contributed by atoms with van der Waals surface area (Å²) >= 11 is 0. The predicted molar refractivity (Wildman–Crippen MR) is 55.6 cm³/mol. The summed E-state index contributed by atoms with van der Waals surface area (Å²) in [7, 11) is 0. The molecule has 2 unspecified atom stereocenters. The summed E-state index contributed by atoms with van der Waals surface area (Å²) in [5, 5.41) is 2.86. The molecule has 0 aromatic carbocycles. The summed E-state index contributed by atoms with van der Waals surface area (Å²) in [4.78, 5) is 0. The molecule has 3 N–H and O–H groups in total. The van der Waals surface area contributed by atoms with Crippen LogP contribution in [0.5, 0.6) is 0 Å². The third kappa shape index (κ3) is 10.0. The molecule has 0 heterocycles. The van der Waals surface area contributed by atoms with Gasteiger partial charge in [-0.2, -0.15) is 13.2 Å². The normalized spacial score (nSPS) is 16.4. The minimum absolute atomic E-state index is 0.449. The van der Waals surface area contributed by atoms with Gasteiger partial charge in [0.15, 0.2) is 0 Å². The van der Waals surface area contributed by atoms with E-state index in [1.54, 1.807) is 6.92 Å². The van der Waals surface area contributed by atoms with Gasteiger partial charge in [-0.15, -0.1) is 0 Å². The van der Waals surface area contributed by atoms with Crippen LogP contribution in [0.2, 0.25) is 0 Å². The molecule has 0 radical (unpaired) electrons. The lowest BCUT2D eigenvalue weighted by atomic mass is 10.1. The monoisotopic (exact) mass is 226 g/mol. The lowest BCUT2D eigenvalue weighted by Crippen LogP contribution is -2.32. The van der Waals surface area contributed by atoms with E-state index in [0.29, 0.717) is 19.0 Å². The van der Waals surface area contributed by atoms with Crippen LogP contribution in [0.4, 0.5) is 13.2 Å². The van der Waals surface area contributed by atoms with Gasteiger partial charge in [-0.05, 0) is 38.8 Å². The third-order valence-corrected chi connectivity index (χ3v) is 2.31. The standard InChI is InChI=1S/C10H21F3N2/c1-8(7-14)4-3-5-15-9(2)6-10(11,12)13/h8-9,15H,3-7,14H2,1-2H3. The van der Waals surface area contributed by atoms with Crippen LogP contribution < -0.4 is 11.1 Å². The van der Waals surface area contributed by atoms with Crippen molar-refractivity contribution in [2.75, 3.05) is 13.1 Å². The van der Waals surface area contributed by atoms with Gasteiger partial charge in [0.2, 0.25) is 0 Å². The van der Waals surface area contributed by atoms with E-state index in [1.807, 2.05) is 6.92 Å². The molecule has 0 aliphatic carbocycles. The highest BCUT2D eigenvalue weighted by atomic mass is 19.4. The molecule has 0 saturated carbocycles. The van der Waals surface area contributed by atoms with Crippen LogP contribution in [-0.2, 0) is 0 Å². The van der Waals surface area contributed by atoms with Gasteiger partial charge in [0, 0.05) is 6.04 Å². The van der Waals surface area contributed by atoms with E-state index in [0.717, 1.165) is 12.8 Å². The van der Waals surface area contributed by atoms with Crippen molar-refractivity contribution in [3.05, 3.63) is 0 Å². The van der Waals surface area contributed by atoms with Crippen LogP contribution in [0.15, 0.2) is 0 Å². The van der Waals surface area contributed by atoms with Crippen molar-refractivity contribution in [1.82, 2.24) is 5.32 Å². The molecule has 0 fully saturated rings. The van der Waals surface area contributed by atoms with E-state index in [-0.39, 0.29) is 0 Å². The zero-order valence-corrected chi connectivity index (χ0v) is 9.40. The van der Waals surface area contributed by atoms with Crippen molar-refractivity contribution in [3.8, 4) is 0 Å². The van der Waals surface area contributed by atoms with E-state index in [1.165, 1.54) is 0 Å². The molecule has 5 heteroatoms. The number of halogens is 3. The lowest BCUT2D eigenvalue weighted by molar-refractivity contribution is -0.139. The molecule has 0 aliphatic rings. The highest BCUT2D eigenvalue weighted by molar-refractivity contribution is 4.66. The van der Waals surface area contributed by atoms with Gasteiger partial charge in [0.1, 0.15) is 0 Å². The van der Waals surface area contributed by atoms with Crippen molar-refractivity contribution < 1.29 is 13.2 Å². The van der Waals surface area contributed by atoms with Gasteiger partial charge in [-0.1, -0.05) is 6.92 Å². The van der Waals surface area contributed by atoms with Gasteiger partial charge >= 0.3 is 6.18 Å². The summed E-state index contributed by atoms with van der Waals surface area (Å²) in [5.41, 5.74) is 5.43. The SMILES string of the molecule is CC(CN)CCCNC(C)CC(F)(F)F. The smallest absolute Gasteiger partial charge is 0.330 e. The molecule has 0 rings (SSSR count). The second-order valence-electron chi connectivity index (χ2n) is 4.16. The molecule has 92 valence electrons. The lowest BCUT2D eigenvalue weighted by Gasteiger charge is -2.16. The number of alkyl halides is 3. The Hall–Kier alpha value is -0.290. The van der Waals surface area contributed by atoms with Gasteiger partial charge in [0.25, 0.3) is 0 Å². The van der Waals surface area contributed by atoms with E-state index in [9.17, 15) is 13.2 Å². The Morgan fingerprint density at radius 2 is 1.87 bits per heavy atom.